The number of phosphoric acid groups is 1. The fraction of sp³-hybridized carbons (Fsp3) is 0.524. The van der Waals surface area contributed by atoms with E-state index in [0.29, 0.717) is 23.9 Å². The van der Waals surface area contributed by atoms with Crippen molar-refractivity contribution in [1.29, 1.82) is 0 Å². The van der Waals surface area contributed by atoms with Gasteiger partial charge in [-0.3, -0.25) is 18.6 Å². The Balaban J connectivity index is 4.23. The molecule has 0 aliphatic rings. The molecule has 0 spiro atoms. The van der Waals surface area contributed by atoms with Crippen LogP contribution in [0.15, 0.2) is 231 Å². The maximum absolute atomic E-state index is 12.9. The second kappa shape index (κ2) is 71.4. The molecule has 0 aromatic rings. The highest BCUT2D eigenvalue weighted by Gasteiger charge is 2.27. The van der Waals surface area contributed by atoms with E-state index in [2.05, 4.69) is 245 Å². The van der Waals surface area contributed by atoms with Crippen LogP contribution >= 0.6 is 7.82 Å². The van der Waals surface area contributed by atoms with Crippen LogP contribution in [0, 0.1) is 0 Å². The number of hydrogen-bond acceptors (Lipinski definition) is 7. The molecule has 0 amide bonds. The summed E-state index contributed by atoms with van der Waals surface area (Å²) in [6.07, 6.45) is 116. The molecule has 0 saturated heterocycles. The second-order valence-corrected chi connectivity index (χ2v) is 25.6. The molecule has 2 atom stereocenters. The van der Waals surface area contributed by atoms with Crippen LogP contribution in [0.5, 0.6) is 0 Å². The van der Waals surface area contributed by atoms with Gasteiger partial charge in [-0.15, -0.1) is 0 Å². The zero-order valence-corrected chi connectivity index (χ0v) is 60.5. The van der Waals surface area contributed by atoms with Crippen molar-refractivity contribution in [1.82, 2.24) is 0 Å². The Labute approximate surface area is 575 Å². The third kappa shape index (κ3) is 75.1. The van der Waals surface area contributed by atoms with Gasteiger partial charge in [0.1, 0.15) is 19.8 Å². The summed E-state index contributed by atoms with van der Waals surface area (Å²) in [6.45, 7) is 4.12. The Hall–Kier alpha value is -5.93. The van der Waals surface area contributed by atoms with Gasteiger partial charge in [0, 0.05) is 12.8 Å². The summed E-state index contributed by atoms with van der Waals surface area (Å²) in [5.41, 5.74) is 0. The van der Waals surface area contributed by atoms with Gasteiger partial charge in [0.2, 0.25) is 0 Å². The molecule has 0 aliphatic carbocycles. The van der Waals surface area contributed by atoms with E-state index >= 15 is 0 Å². The van der Waals surface area contributed by atoms with Gasteiger partial charge in [-0.2, -0.15) is 0 Å². The smallest absolute Gasteiger partial charge is 0.462 e. The van der Waals surface area contributed by atoms with Crippen molar-refractivity contribution >= 4 is 19.8 Å². The molecule has 0 aromatic heterocycles. The van der Waals surface area contributed by atoms with Crippen LogP contribution in [0.3, 0.4) is 0 Å². The average molecular weight is 1310 g/mol. The fourth-order valence-corrected chi connectivity index (χ4v) is 9.48. The molecule has 9 nitrogen and oxygen atoms in total. The third-order valence-corrected chi connectivity index (χ3v) is 15.2. The number of hydrogen-bond donors (Lipinski definition) is 1. The molecule has 0 saturated carbocycles. The first-order chi connectivity index (χ1) is 46.0. The van der Waals surface area contributed by atoms with Crippen LogP contribution in [0.25, 0.3) is 0 Å². The number of quaternary nitrogens is 1. The van der Waals surface area contributed by atoms with Crippen LogP contribution in [0.4, 0.5) is 0 Å². The Morgan fingerprint density at radius 3 is 0.862 bits per heavy atom. The van der Waals surface area contributed by atoms with Gasteiger partial charge in [0.25, 0.3) is 0 Å². The lowest BCUT2D eigenvalue weighted by Gasteiger charge is -2.24. The van der Waals surface area contributed by atoms with Crippen molar-refractivity contribution in [2.75, 3.05) is 47.5 Å². The molecule has 0 heterocycles. The highest BCUT2D eigenvalue weighted by molar-refractivity contribution is 7.47. The SMILES string of the molecule is CC/C=C\C/C=C\C/C=C\C/C=C\C/C=C\C/C=C\C/C=C\C/C=C\C/C=C\C/C=C\CCCCCCCCCCC(=O)OC(COC(=O)CCCCC/C=C\C/C=C\C/C=C\C/C=C\C/C=C\C/C=C\C/C=C\C/C=C\C/C=C\CC)COP(=O)(O)OCC[N+](C)(C)C. The lowest BCUT2D eigenvalue weighted by atomic mass is 10.1. The van der Waals surface area contributed by atoms with Crippen molar-refractivity contribution in [2.24, 2.45) is 0 Å². The molecule has 10 heteroatoms. The molecule has 0 rings (SSSR count). The number of likely N-dealkylation sites (N-methyl/N-ethyl adjacent to an activating group) is 1. The minimum Gasteiger partial charge on any atom is -0.462 e. The first kappa shape index (κ1) is 88.1. The Bertz CT molecular complexity index is 2440. The minimum absolute atomic E-state index is 0.0107. The number of esters is 2. The monoisotopic (exact) mass is 1310 g/mol. The van der Waals surface area contributed by atoms with E-state index in [0.717, 1.165) is 167 Å². The Morgan fingerprint density at radius 1 is 0.330 bits per heavy atom. The number of carbonyl (C=O) groups is 2. The molecule has 1 N–H and O–H groups in total. The molecule has 0 aromatic carbocycles. The maximum Gasteiger partial charge on any atom is 0.472 e. The van der Waals surface area contributed by atoms with E-state index < -0.39 is 32.5 Å². The molecule has 0 radical (unpaired) electrons. The normalized spacial score (nSPS) is 14.5. The summed E-state index contributed by atoms with van der Waals surface area (Å²) in [5.74, 6) is -0.865. The van der Waals surface area contributed by atoms with Crippen LogP contribution in [0.1, 0.15) is 232 Å². The van der Waals surface area contributed by atoms with Crippen LogP contribution in [-0.4, -0.2) is 74.9 Å². The summed E-state index contributed by atoms with van der Waals surface area (Å²) >= 11 is 0. The number of phosphoric ester groups is 1. The van der Waals surface area contributed by atoms with Gasteiger partial charge in [0.05, 0.1) is 27.7 Å². The maximum atomic E-state index is 12.9. The summed E-state index contributed by atoms with van der Waals surface area (Å²) in [5, 5.41) is 0. The average Bonchev–Trinajstić information content (AvgIpc) is 1.56. The van der Waals surface area contributed by atoms with E-state index in [4.69, 9.17) is 18.5 Å². The van der Waals surface area contributed by atoms with E-state index in [1.807, 2.05) is 21.1 Å². The predicted octanol–water partition coefficient (Wildman–Crippen LogP) is 24.2. The first-order valence-electron chi connectivity index (χ1n) is 36.1. The van der Waals surface area contributed by atoms with Gasteiger partial charge in [-0.1, -0.05) is 290 Å². The summed E-state index contributed by atoms with van der Waals surface area (Å²) < 4.78 is 34.7. The minimum atomic E-state index is -4.42. The molecule has 94 heavy (non-hydrogen) atoms. The van der Waals surface area contributed by atoms with E-state index in [-0.39, 0.29) is 26.1 Å². The molecule has 2 unspecified atom stereocenters. The number of ether oxygens (including phenoxy) is 2. The number of carbonyl (C=O) groups excluding carboxylic acids is 2. The number of unbranched alkanes of at least 4 members (excludes halogenated alkanes) is 11. The van der Waals surface area contributed by atoms with Crippen LogP contribution in [-0.2, 0) is 32.7 Å². The van der Waals surface area contributed by atoms with Crippen molar-refractivity contribution in [3.63, 3.8) is 0 Å². The predicted molar refractivity (Wildman–Crippen MR) is 407 cm³/mol. The molecule has 524 valence electrons. The molecule has 0 bridgehead atoms. The number of allylic oxidation sites excluding steroid dienone is 38. The number of rotatable bonds is 63. The van der Waals surface area contributed by atoms with Gasteiger partial charge < -0.3 is 18.9 Å². The lowest BCUT2D eigenvalue weighted by Crippen LogP contribution is -2.37. The molecular weight excluding hydrogens is 1180 g/mol. The summed E-state index contributed by atoms with van der Waals surface area (Å²) in [6, 6.07) is 0. The zero-order chi connectivity index (χ0) is 68.3. The Morgan fingerprint density at radius 2 is 0.574 bits per heavy atom. The molecule has 0 aliphatic heterocycles. The second-order valence-electron chi connectivity index (χ2n) is 24.2. The quantitative estimate of drug-likeness (QED) is 0.0211. The fourth-order valence-electron chi connectivity index (χ4n) is 8.74. The largest absolute Gasteiger partial charge is 0.472 e. The third-order valence-electron chi connectivity index (χ3n) is 14.2. The Kier molecular flexibility index (Phi) is 66.9. The van der Waals surface area contributed by atoms with Gasteiger partial charge >= 0.3 is 19.8 Å². The van der Waals surface area contributed by atoms with Crippen LogP contribution < -0.4 is 0 Å². The summed E-state index contributed by atoms with van der Waals surface area (Å²) in [4.78, 5) is 35.9. The highest BCUT2D eigenvalue weighted by Crippen LogP contribution is 2.43. The van der Waals surface area contributed by atoms with Crippen molar-refractivity contribution < 1.29 is 42.1 Å². The van der Waals surface area contributed by atoms with Gasteiger partial charge in [0.15, 0.2) is 6.10 Å². The lowest BCUT2D eigenvalue weighted by molar-refractivity contribution is -0.870. The standard InChI is InChI=1S/C84H130NO8P/c1-6-8-10-12-14-16-18-20-22-24-26-28-30-32-34-36-38-39-40-41-42-43-44-45-47-49-51-53-55-57-59-61-63-65-67-69-71-73-75-77-84(87)93-82(81-92-94(88,89)91-79-78-85(3,4)5)80-90-83(86)76-74-72-70-68-66-64-62-60-58-56-54-52-50-48-46-37-35-33-31-29-27-25-23-21-19-17-15-13-11-9-7-2/h8-11,14-17,20-23,26-29,32-35,38-39,41-42,44-46,48-49,51-52,54-55,57-58,60,64,66,82H,6-7,12-13,18-19,24-25,30-31,36-37,40,43,47,50,53,56,59,61-63,65,67-81H2,1-5H3/p+1/b10-8-,11-9-,16-14-,17-15-,22-20-,23-21-,28-26-,29-27-,34-32-,35-33-,39-38-,42-41-,45-44-,48-46-,51-49-,54-52-,57-55-,60-58-,66-64-. The molecular formula is C84H131NO8P+. The first-order valence-corrected chi connectivity index (χ1v) is 37.6. The molecule has 0 fully saturated rings. The highest BCUT2D eigenvalue weighted by atomic mass is 31.2. The topological polar surface area (TPSA) is 108 Å². The van der Waals surface area contributed by atoms with Crippen molar-refractivity contribution in [3.05, 3.63) is 231 Å². The number of nitrogens with zero attached hydrogens (tertiary/aromatic N) is 1. The van der Waals surface area contributed by atoms with Crippen molar-refractivity contribution in [3.8, 4) is 0 Å². The van der Waals surface area contributed by atoms with E-state index in [1.54, 1.807) is 0 Å². The zero-order valence-electron chi connectivity index (χ0n) is 59.6. The summed E-state index contributed by atoms with van der Waals surface area (Å²) in [7, 11) is 1.42. The van der Waals surface area contributed by atoms with Crippen LogP contribution in [0.2, 0.25) is 0 Å². The van der Waals surface area contributed by atoms with E-state index in [9.17, 15) is 19.0 Å². The van der Waals surface area contributed by atoms with E-state index in [1.165, 1.54) is 25.7 Å². The van der Waals surface area contributed by atoms with Gasteiger partial charge in [-0.25, -0.2) is 4.57 Å². The van der Waals surface area contributed by atoms with Gasteiger partial charge in [-0.05, 0) is 161 Å². The van der Waals surface area contributed by atoms with Crippen molar-refractivity contribution in [2.45, 2.75) is 238 Å².